The molecule has 0 fully saturated rings. The molecule has 1 atom stereocenters. The third-order valence-corrected chi connectivity index (χ3v) is 2.74. The molecule has 0 saturated heterocycles. The molecule has 1 heterocycles. The zero-order chi connectivity index (χ0) is 15.2. The first kappa shape index (κ1) is 16.5. The van der Waals surface area contributed by atoms with Crippen LogP contribution in [-0.4, -0.2) is 42.7 Å². The first-order chi connectivity index (χ1) is 9.33. The third kappa shape index (κ3) is 5.62. The number of nitrogens with two attached hydrogens (primary N) is 1. The average molecular weight is 293 g/mol. The van der Waals surface area contributed by atoms with Crippen LogP contribution in [0.3, 0.4) is 0 Å². The normalized spacial score (nSPS) is 13.5. The van der Waals surface area contributed by atoms with E-state index in [4.69, 9.17) is 10.2 Å². The van der Waals surface area contributed by atoms with E-state index in [-0.39, 0.29) is 19.6 Å². The standard InChI is InChI=1S/C12H18F3N3O2/c1-9(18(5-4-16)8-12(13,14)15)11(19)17-7-10-3-2-6-20-10/h2-3,6,9H,4-5,7-8,16H2,1H3,(H,17,19). The lowest BCUT2D eigenvalue weighted by atomic mass is 10.2. The predicted octanol–water partition coefficient (Wildman–Crippen LogP) is 1.11. The average Bonchev–Trinajstić information content (AvgIpc) is 2.86. The molecule has 0 spiro atoms. The van der Waals surface area contributed by atoms with Gasteiger partial charge in [0.05, 0.1) is 25.4 Å². The molecule has 20 heavy (non-hydrogen) atoms. The number of rotatable bonds is 7. The summed E-state index contributed by atoms with van der Waals surface area (Å²) in [5, 5.41) is 2.53. The molecule has 8 heteroatoms. The Hall–Kier alpha value is -1.54. The van der Waals surface area contributed by atoms with Gasteiger partial charge < -0.3 is 15.5 Å². The van der Waals surface area contributed by atoms with Crippen molar-refractivity contribution >= 4 is 5.91 Å². The monoisotopic (exact) mass is 293 g/mol. The Balaban J connectivity index is 2.54. The van der Waals surface area contributed by atoms with Crippen LogP contribution in [0.1, 0.15) is 12.7 Å². The highest BCUT2D eigenvalue weighted by molar-refractivity contribution is 5.81. The molecule has 1 aromatic heterocycles. The number of carbonyl (C=O) groups is 1. The van der Waals surface area contributed by atoms with Gasteiger partial charge >= 0.3 is 6.18 Å². The van der Waals surface area contributed by atoms with Gasteiger partial charge in [0.2, 0.25) is 5.91 Å². The quantitative estimate of drug-likeness (QED) is 0.790. The van der Waals surface area contributed by atoms with Crippen LogP contribution in [-0.2, 0) is 11.3 Å². The summed E-state index contributed by atoms with van der Waals surface area (Å²) in [5.74, 6) is 0.0332. The number of hydrogen-bond acceptors (Lipinski definition) is 4. The van der Waals surface area contributed by atoms with E-state index >= 15 is 0 Å². The van der Waals surface area contributed by atoms with Crippen molar-refractivity contribution in [3.05, 3.63) is 24.2 Å². The Morgan fingerprint density at radius 1 is 1.55 bits per heavy atom. The first-order valence-electron chi connectivity index (χ1n) is 6.14. The van der Waals surface area contributed by atoms with Gasteiger partial charge in [0.25, 0.3) is 0 Å². The molecular formula is C12H18F3N3O2. The smallest absolute Gasteiger partial charge is 0.401 e. The maximum Gasteiger partial charge on any atom is 0.401 e. The summed E-state index contributed by atoms with van der Waals surface area (Å²) in [4.78, 5) is 12.8. The number of carbonyl (C=O) groups excluding carboxylic acids is 1. The molecule has 0 aromatic carbocycles. The van der Waals surface area contributed by atoms with Crippen LogP contribution in [0, 0.1) is 0 Å². The van der Waals surface area contributed by atoms with Crippen LogP contribution in [0.25, 0.3) is 0 Å². The van der Waals surface area contributed by atoms with E-state index in [1.807, 2.05) is 0 Å². The lowest BCUT2D eigenvalue weighted by Crippen LogP contribution is -2.49. The molecule has 1 unspecified atom stereocenters. The van der Waals surface area contributed by atoms with E-state index in [9.17, 15) is 18.0 Å². The molecular weight excluding hydrogens is 275 g/mol. The fraction of sp³-hybridized carbons (Fsp3) is 0.583. The van der Waals surface area contributed by atoms with Gasteiger partial charge in [-0.3, -0.25) is 9.69 Å². The highest BCUT2D eigenvalue weighted by Gasteiger charge is 2.34. The van der Waals surface area contributed by atoms with E-state index < -0.39 is 24.7 Å². The number of halogens is 3. The summed E-state index contributed by atoms with van der Waals surface area (Å²) in [6, 6.07) is 2.41. The molecule has 3 N–H and O–H groups in total. The third-order valence-electron chi connectivity index (χ3n) is 2.74. The summed E-state index contributed by atoms with van der Waals surface area (Å²) in [7, 11) is 0. The number of hydrogen-bond donors (Lipinski definition) is 2. The van der Waals surface area contributed by atoms with Crippen molar-refractivity contribution < 1.29 is 22.4 Å². The van der Waals surface area contributed by atoms with Gasteiger partial charge in [0.15, 0.2) is 0 Å². The van der Waals surface area contributed by atoms with Crippen LogP contribution in [0.5, 0.6) is 0 Å². The van der Waals surface area contributed by atoms with Gasteiger partial charge in [-0.2, -0.15) is 13.2 Å². The minimum absolute atomic E-state index is 0.00511. The van der Waals surface area contributed by atoms with Gasteiger partial charge in [-0.1, -0.05) is 0 Å². The fourth-order valence-electron chi connectivity index (χ4n) is 1.71. The molecule has 0 aliphatic rings. The van der Waals surface area contributed by atoms with Crippen LogP contribution in [0.2, 0.25) is 0 Å². The molecule has 0 aliphatic heterocycles. The number of nitrogens with one attached hydrogen (secondary N) is 1. The molecule has 1 rings (SSSR count). The van der Waals surface area contributed by atoms with Crippen molar-refractivity contribution in [2.45, 2.75) is 25.7 Å². The molecule has 0 saturated carbocycles. The van der Waals surface area contributed by atoms with Crippen LogP contribution >= 0.6 is 0 Å². The molecule has 114 valence electrons. The molecule has 0 radical (unpaired) electrons. The highest BCUT2D eigenvalue weighted by atomic mass is 19.4. The number of nitrogens with zero attached hydrogens (tertiary/aromatic N) is 1. The van der Waals surface area contributed by atoms with Gasteiger partial charge in [-0.15, -0.1) is 0 Å². The molecule has 1 aromatic rings. The summed E-state index contributed by atoms with van der Waals surface area (Å²) in [6.07, 6.45) is -2.92. The van der Waals surface area contributed by atoms with Gasteiger partial charge in [-0.05, 0) is 19.1 Å². The van der Waals surface area contributed by atoms with Crippen molar-refractivity contribution in [3.63, 3.8) is 0 Å². The predicted molar refractivity (Wildman–Crippen MR) is 66.7 cm³/mol. The summed E-state index contributed by atoms with van der Waals surface area (Å²) in [5.41, 5.74) is 5.28. The first-order valence-corrected chi connectivity index (χ1v) is 6.14. The second kappa shape index (κ2) is 7.30. The Bertz CT molecular complexity index is 407. The highest BCUT2D eigenvalue weighted by Crippen LogP contribution is 2.17. The minimum atomic E-state index is -4.37. The Morgan fingerprint density at radius 3 is 2.75 bits per heavy atom. The van der Waals surface area contributed by atoms with Gasteiger partial charge in [0, 0.05) is 13.1 Å². The maximum atomic E-state index is 12.4. The van der Waals surface area contributed by atoms with E-state index in [1.165, 1.54) is 13.2 Å². The SMILES string of the molecule is CC(C(=O)NCc1ccco1)N(CCN)CC(F)(F)F. The van der Waals surface area contributed by atoms with Crippen molar-refractivity contribution in [1.82, 2.24) is 10.2 Å². The topological polar surface area (TPSA) is 71.5 Å². The molecule has 0 aliphatic carbocycles. The Kier molecular flexibility index (Phi) is 6.03. The lowest BCUT2D eigenvalue weighted by Gasteiger charge is -2.28. The van der Waals surface area contributed by atoms with Crippen molar-refractivity contribution in [3.8, 4) is 0 Å². The maximum absolute atomic E-state index is 12.4. The van der Waals surface area contributed by atoms with E-state index in [2.05, 4.69) is 5.32 Å². The lowest BCUT2D eigenvalue weighted by molar-refractivity contribution is -0.154. The summed E-state index contributed by atoms with van der Waals surface area (Å²) >= 11 is 0. The second-order valence-corrected chi connectivity index (χ2v) is 4.35. The largest absolute Gasteiger partial charge is 0.467 e. The summed E-state index contributed by atoms with van der Waals surface area (Å²) in [6.45, 7) is 0.428. The number of amides is 1. The Labute approximate surface area is 114 Å². The zero-order valence-electron chi connectivity index (χ0n) is 11.1. The van der Waals surface area contributed by atoms with Crippen LogP contribution in [0.4, 0.5) is 13.2 Å². The minimum Gasteiger partial charge on any atom is -0.467 e. The van der Waals surface area contributed by atoms with Crippen LogP contribution < -0.4 is 11.1 Å². The molecule has 0 bridgehead atoms. The van der Waals surface area contributed by atoms with E-state index in [1.54, 1.807) is 12.1 Å². The van der Waals surface area contributed by atoms with Crippen molar-refractivity contribution in [2.24, 2.45) is 5.73 Å². The van der Waals surface area contributed by atoms with Crippen LogP contribution in [0.15, 0.2) is 22.8 Å². The van der Waals surface area contributed by atoms with Crippen molar-refractivity contribution in [2.75, 3.05) is 19.6 Å². The van der Waals surface area contributed by atoms with Gasteiger partial charge in [-0.25, -0.2) is 0 Å². The number of furan rings is 1. The molecule has 1 amide bonds. The van der Waals surface area contributed by atoms with E-state index in [0.29, 0.717) is 5.76 Å². The molecule has 5 nitrogen and oxygen atoms in total. The van der Waals surface area contributed by atoms with Gasteiger partial charge in [0.1, 0.15) is 5.76 Å². The second-order valence-electron chi connectivity index (χ2n) is 4.35. The zero-order valence-corrected chi connectivity index (χ0v) is 11.1. The fourth-order valence-corrected chi connectivity index (χ4v) is 1.71. The summed E-state index contributed by atoms with van der Waals surface area (Å²) < 4.78 is 42.3. The Morgan fingerprint density at radius 2 is 2.25 bits per heavy atom. The number of alkyl halides is 3. The van der Waals surface area contributed by atoms with E-state index in [0.717, 1.165) is 4.90 Å². The van der Waals surface area contributed by atoms with Crippen molar-refractivity contribution in [1.29, 1.82) is 0 Å².